The van der Waals surface area contributed by atoms with Crippen molar-refractivity contribution in [3.05, 3.63) is 0 Å². The lowest BCUT2D eigenvalue weighted by Gasteiger charge is -2.25. The molecule has 0 aromatic rings. The summed E-state index contributed by atoms with van der Waals surface area (Å²) in [6.07, 6.45) is 3.58. The molecular formula is C12H21N3O2S. The Hall–Kier alpha value is -0.750. The number of hydrogen-bond acceptors (Lipinski definition) is 4. The van der Waals surface area contributed by atoms with Gasteiger partial charge in [-0.3, -0.25) is 9.59 Å². The molecule has 6 heteroatoms. The normalized spacial score (nSPS) is 25.6. The molecule has 2 aliphatic heterocycles. The van der Waals surface area contributed by atoms with E-state index >= 15 is 0 Å². The summed E-state index contributed by atoms with van der Waals surface area (Å²) in [4.78, 5) is 22.8. The van der Waals surface area contributed by atoms with Crippen LogP contribution in [0.5, 0.6) is 0 Å². The fraction of sp³-hybridized carbons (Fsp3) is 0.833. The second kappa shape index (κ2) is 6.99. The minimum atomic E-state index is 0.0876. The molecule has 2 rings (SSSR count). The van der Waals surface area contributed by atoms with Gasteiger partial charge in [-0.1, -0.05) is 0 Å². The Morgan fingerprint density at radius 3 is 2.78 bits per heavy atom. The van der Waals surface area contributed by atoms with Crippen molar-refractivity contribution in [2.45, 2.75) is 37.0 Å². The molecule has 0 radical (unpaired) electrons. The van der Waals surface area contributed by atoms with Crippen LogP contribution in [0.1, 0.15) is 25.7 Å². The molecule has 2 amide bonds. The first-order chi connectivity index (χ1) is 8.74. The Balaban J connectivity index is 1.61. The highest BCUT2D eigenvalue weighted by atomic mass is 32.2. The van der Waals surface area contributed by atoms with Crippen molar-refractivity contribution in [3.8, 4) is 0 Å². The lowest BCUT2D eigenvalue weighted by molar-refractivity contribution is -0.124. The van der Waals surface area contributed by atoms with Gasteiger partial charge >= 0.3 is 0 Å². The summed E-state index contributed by atoms with van der Waals surface area (Å²) in [6.45, 7) is 2.70. The molecule has 102 valence electrons. The van der Waals surface area contributed by atoms with Gasteiger partial charge in [0.05, 0.1) is 5.75 Å². The summed E-state index contributed by atoms with van der Waals surface area (Å²) < 4.78 is 0. The second-order valence-corrected chi connectivity index (χ2v) is 6.16. The molecule has 1 unspecified atom stereocenters. The van der Waals surface area contributed by atoms with E-state index in [2.05, 4.69) is 16.0 Å². The Labute approximate surface area is 112 Å². The van der Waals surface area contributed by atoms with Gasteiger partial charge in [0.1, 0.15) is 0 Å². The summed E-state index contributed by atoms with van der Waals surface area (Å²) in [6, 6.07) is 0.115. The number of carbonyl (C=O) groups is 2. The Bertz CT molecular complexity index is 296. The van der Waals surface area contributed by atoms with E-state index in [4.69, 9.17) is 0 Å². The van der Waals surface area contributed by atoms with Gasteiger partial charge in [0.15, 0.2) is 0 Å². The van der Waals surface area contributed by atoms with Gasteiger partial charge in [0.25, 0.3) is 0 Å². The first kappa shape index (κ1) is 13.7. The molecule has 0 saturated carbocycles. The third kappa shape index (κ3) is 4.49. The average Bonchev–Trinajstić information content (AvgIpc) is 2.40. The monoisotopic (exact) mass is 271 g/mol. The maximum Gasteiger partial charge on any atom is 0.230 e. The van der Waals surface area contributed by atoms with Gasteiger partial charge < -0.3 is 16.0 Å². The molecule has 5 nitrogen and oxygen atoms in total. The summed E-state index contributed by atoms with van der Waals surface area (Å²) in [5, 5.41) is 9.70. The predicted molar refractivity (Wildman–Crippen MR) is 72.5 cm³/mol. The zero-order chi connectivity index (χ0) is 12.8. The lowest BCUT2D eigenvalue weighted by atomic mass is 10.1. The van der Waals surface area contributed by atoms with Crippen LogP contribution in [0.15, 0.2) is 0 Å². The quantitative estimate of drug-likeness (QED) is 0.666. The van der Waals surface area contributed by atoms with E-state index in [1.54, 1.807) is 11.8 Å². The first-order valence-corrected chi connectivity index (χ1v) is 7.67. The molecular weight excluding hydrogens is 250 g/mol. The van der Waals surface area contributed by atoms with Gasteiger partial charge in [-0.15, -0.1) is 11.8 Å². The van der Waals surface area contributed by atoms with E-state index in [9.17, 15) is 9.59 Å². The van der Waals surface area contributed by atoms with Gasteiger partial charge in [0, 0.05) is 24.3 Å². The van der Waals surface area contributed by atoms with Crippen molar-refractivity contribution in [3.63, 3.8) is 0 Å². The highest BCUT2D eigenvalue weighted by molar-refractivity contribution is 8.00. The number of thioether (sulfide) groups is 1. The summed E-state index contributed by atoms with van der Waals surface area (Å²) in [5.41, 5.74) is 0. The third-order valence-corrected chi connectivity index (χ3v) is 4.74. The minimum absolute atomic E-state index is 0.0876. The fourth-order valence-electron chi connectivity index (χ4n) is 2.28. The van der Waals surface area contributed by atoms with Gasteiger partial charge in [-0.2, -0.15) is 0 Å². The molecule has 0 spiro atoms. The highest BCUT2D eigenvalue weighted by Gasteiger charge is 2.20. The largest absolute Gasteiger partial charge is 0.354 e. The summed E-state index contributed by atoms with van der Waals surface area (Å²) in [7, 11) is 0. The lowest BCUT2D eigenvalue weighted by Crippen LogP contribution is -2.48. The fourth-order valence-corrected chi connectivity index (χ4v) is 3.32. The molecule has 0 aromatic heterocycles. The number of hydrogen-bond donors (Lipinski definition) is 3. The van der Waals surface area contributed by atoms with Crippen LogP contribution >= 0.6 is 11.8 Å². The van der Waals surface area contributed by atoms with Gasteiger partial charge in [-0.25, -0.2) is 0 Å². The summed E-state index contributed by atoms with van der Waals surface area (Å²) >= 11 is 1.76. The zero-order valence-electron chi connectivity index (χ0n) is 10.5. The molecule has 18 heavy (non-hydrogen) atoms. The molecule has 0 bridgehead atoms. The van der Waals surface area contributed by atoms with Crippen LogP contribution in [-0.2, 0) is 9.59 Å². The molecule has 0 aromatic carbocycles. The number of nitrogens with one attached hydrogen (secondary N) is 3. The molecule has 2 aliphatic rings. The first-order valence-electron chi connectivity index (χ1n) is 6.62. The van der Waals surface area contributed by atoms with Crippen LogP contribution in [0.3, 0.4) is 0 Å². The smallest absolute Gasteiger partial charge is 0.230 e. The SMILES string of the molecule is O=C1CCC(NC(=O)CSC2CCNCC2)CN1. The molecule has 2 heterocycles. The molecule has 1 atom stereocenters. The summed E-state index contributed by atoms with van der Waals surface area (Å²) in [5.74, 6) is 0.721. The van der Waals surface area contributed by atoms with E-state index in [1.165, 1.54) is 0 Å². The number of rotatable bonds is 4. The second-order valence-electron chi connectivity index (χ2n) is 4.87. The average molecular weight is 271 g/mol. The van der Waals surface area contributed by atoms with E-state index in [0.717, 1.165) is 32.4 Å². The number of carbonyl (C=O) groups excluding carboxylic acids is 2. The van der Waals surface area contributed by atoms with Crippen LogP contribution in [0.2, 0.25) is 0 Å². The van der Waals surface area contributed by atoms with E-state index in [1.807, 2.05) is 0 Å². The van der Waals surface area contributed by atoms with Crippen molar-refractivity contribution < 1.29 is 9.59 Å². The maximum atomic E-state index is 11.8. The zero-order valence-corrected chi connectivity index (χ0v) is 11.4. The van der Waals surface area contributed by atoms with E-state index in [-0.39, 0.29) is 17.9 Å². The van der Waals surface area contributed by atoms with Crippen molar-refractivity contribution in [2.24, 2.45) is 0 Å². The predicted octanol–water partition coefficient (Wildman–Crippen LogP) is -0.134. The van der Waals surface area contributed by atoms with Gasteiger partial charge in [-0.05, 0) is 32.4 Å². The minimum Gasteiger partial charge on any atom is -0.354 e. The van der Waals surface area contributed by atoms with Crippen LogP contribution in [0, 0.1) is 0 Å². The van der Waals surface area contributed by atoms with Crippen LogP contribution < -0.4 is 16.0 Å². The maximum absolute atomic E-state index is 11.8. The highest BCUT2D eigenvalue weighted by Crippen LogP contribution is 2.19. The van der Waals surface area contributed by atoms with Crippen molar-refractivity contribution in [1.29, 1.82) is 0 Å². The Morgan fingerprint density at radius 2 is 2.11 bits per heavy atom. The van der Waals surface area contributed by atoms with Crippen LogP contribution in [-0.4, -0.2) is 48.5 Å². The Kier molecular flexibility index (Phi) is 5.31. The standard InChI is InChI=1S/C12H21N3O2S/c16-11-2-1-9(7-14-11)15-12(17)8-18-10-3-5-13-6-4-10/h9-10,13H,1-8H2,(H,14,16)(H,15,17). The van der Waals surface area contributed by atoms with Crippen LogP contribution in [0.25, 0.3) is 0 Å². The molecule has 3 N–H and O–H groups in total. The Morgan fingerprint density at radius 1 is 1.33 bits per heavy atom. The molecule has 0 aliphatic carbocycles. The van der Waals surface area contributed by atoms with Crippen LogP contribution in [0.4, 0.5) is 0 Å². The van der Waals surface area contributed by atoms with Crippen molar-refractivity contribution in [2.75, 3.05) is 25.4 Å². The number of piperidine rings is 2. The topological polar surface area (TPSA) is 70.2 Å². The molecule has 2 fully saturated rings. The third-order valence-electron chi connectivity index (χ3n) is 3.37. The van der Waals surface area contributed by atoms with E-state index in [0.29, 0.717) is 24.0 Å². The molecule has 2 saturated heterocycles. The number of amides is 2. The van der Waals surface area contributed by atoms with Crippen molar-refractivity contribution >= 4 is 23.6 Å². The van der Waals surface area contributed by atoms with Gasteiger partial charge in [0.2, 0.25) is 11.8 Å². The van der Waals surface area contributed by atoms with Crippen molar-refractivity contribution in [1.82, 2.24) is 16.0 Å². The van der Waals surface area contributed by atoms with E-state index < -0.39 is 0 Å².